The van der Waals surface area contributed by atoms with Crippen LogP contribution in [0.25, 0.3) is 17.0 Å². The molecule has 0 fully saturated rings. The molecular weight excluding hydrogens is 290 g/mol. The SMILES string of the molecule is CN(C)c1ccc2cc(C=C(C(=O)O)C(=O)O)c(=O)oc2c1. The van der Waals surface area contributed by atoms with Crippen LogP contribution in [0.2, 0.25) is 0 Å². The van der Waals surface area contributed by atoms with E-state index in [0.717, 1.165) is 11.8 Å². The Bertz CT molecular complexity index is 831. The van der Waals surface area contributed by atoms with Gasteiger partial charge in [-0.25, -0.2) is 14.4 Å². The van der Waals surface area contributed by atoms with Crippen molar-refractivity contribution < 1.29 is 24.2 Å². The predicted octanol–water partition coefficient (Wildman–Crippen LogP) is 1.41. The van der Waals surface area contributed by atoms with Crippen LogP contribution in [0.4, 0.5) is 5.69 Å². The third-order valence-electron chi connectivity index (χ3n) is 3.02. The first-order valence-electron chi connectivity index (χ1n) is 6.23. The molecule has 0 saturated heterocycles. The summed E-state index contributed by atoms with van der Waals surface area (Å²) in [6.07, 6.45) is 0.787. The summed E-state index contributed by atoms with van der Waals surface area (Å²) >= 11 is 0. The summed E-state index contributed by atoms with van der Waals surface area (Å²) in [6, 6.07) is 6.56. The van der Waals surface area contributed by atoms with Crippen molar-refractivity contribution in [3.05, 3.63) is 45.8 Å². The number of aliphatic carboxylic acids is 2. The van der Waals surface area contributed by atoms with E-state index >= 15 is 0 Å². The number of carboxylic acid groups (broad SMARTS) is 2. The summed E-state index contributed by atoms with van der Waals surface area (Å²) in [5.41, 5.74) is -0.680. The van der Waals surface area contributed by atoms with Gasteiger partial charge in [-0.1, -0.05) is 0 Å². The minimum absolute atomic E-state index is 0.134. The molecule has 0 bridgehead atoms. The number of hydrogen-bond donors (Lipinski definition) is 2. The lowest BCUT2D eigenvalue weighted by Crippen LogP contribution is -2.13. The normalized spacial score (nSPS) is 10.3. The van der Waals surface area contributed by atoms with Crippen LogP contribution in [0.15, 0.2) is 39.1 Å². The first-order valence-corrected chi connectivity index (χ1v) is 6.23. The van der Waals surface area contributed by atoms with Gasteiger partial charge >= 0.3 is 17.6 Å². The van der Waals surface area contributed by atoms with Gasteiger partial charge in [-0.15, -0.1) is 0 Å². The Hall–Kier alpha value is -3.09. The molecule has 0 radical (unpaired) electrons. The van der Waals surface area contributed by atoms with Gasteiger partial charge < -0.3 is 19.5 Å². The molecule has 0 saturated carbocycles. The van der Waals surface area contributed by atoms with Crippen molar-refractivity contribution in [1.29, 1.82) is 0 Å². The number of carboxylic acids is 2. The standard InChI is InChI=1S/C15H13NO6/c1-16(2)10-4-3-8-5-9(15(21)22-12(8)7-10)6-11(13(17)18)14(19)20/h3-7H,1-2H3,(H,17,18)(H,19,20). The minimum Gasteiger partial charge on any atom is -0.477 e. The summed E-state index contributed by atoms with van der Waals surface area (Å²) < 4.78 is 5.13. The van der Waals surface area contributed by atoms with Gasteiger partial charge in [0.05, 0.1) is 5.56 Å². The number of hydrogen-bond acceptors (Lipinski definition) is 5. The van der Waals surface area contributed by atoms with Gasteiger partial charge in [0.1, 0.15) is 11.2 Å². The average Bonchev–Trinajstić information content (AvgIpc) is 2.43. The van der Waals surface area contributed by atoms with Gasteiger partial charge in [0, 0.05) is 31.2 Å². The number of anilines is 1. The highest BCUT2D eigenvalue weighted by atomic mass is 16.4. The topological polar surface area (TPSA) is 108 Å². The average molecular weight is 303 g/mol. The molecule has 7 nitrogen and oxygen atoms in total. The molecule has 0 aliphatic heterocycles. The van der Waals surface area contributed by atoms with Crippen LogP contribution in [0.5, 0.6) is 0 Å². The maximum Gasteiger partial charge on any atom is 0.343 e. The lowest BCUT2D eigenvalue weighted by Gasteiger charge is -2.12. The molecule has 2 aromatic rings. The van der Waals surface area contributed by atoms with Gasteiger partial charge in [-0.05, 0) is 24.3 Å². The van der Waals surface area contributed by atoms with Crippen molar-refractivity contribution in [2.24, 2.45) is 0 Å². The lowest BCUT2D eigenvalue weighted by molar-refractivity contribution is -0.140. The smallest absolute Gasteiger partial charge is 0.343 e. The van der Waals surface area contributed by atoms with Crippen molar-refractivity contribution in [2.75, 3.05) is 19.0 Å². The molecular formula is C15H13NO6. The van der Waals surface area contributed by atoms with Crippen LogP contribution >= 0.6 is 0 Å². The number of carbonyl (C=O) groups is 2. The molecule has 0 aliphatic rings. The molecule has 7 heteroatoms. The summed E-state index contributed by atoms with van der Waals surface area (Å²) in [6.45, 7) is 0. The van der Waals surface area contributed by atoms with Crippen LogP contribution in [0.3, 0.4) is 0 Å². The van der Waals surface area contributed by atoms with Crippen LogP contribution in [-0.4, -0.2) is 36.2 Å². The van der Waals surface area contributed by atoms with Gasteiger partial charge in [0.15, 0.2) is 0 Å². The fraction of sp³-hybridized carbons (Fsp3) is 0.133. The first-order chi connectivity index (χ1) is 10.3. The van der Waals surface area contributed by atoms with E-state index in [2.05, 4.69) is 0 Å². The molecule has 1 aromatic carbocycles. The molecule has 0 aliphatic carbocycles. The molecule has 0 spiro atoms. The van der Waals surface area contributed by atoms with E-state index in [4.69, 9.17) is 14.6 Å². The fourth-order valence-electron chi connectivity index (χ4n) is 1.87. The van der Waals surface area contributed by atoms with E-state index in [9.17, 15) is 14.4 Å². The van der Waals surface area contributed by atoms with Crippen LogP contribution in [0.1, 0.15) is 5.56 Å². The molecule has 114 valence electrons. The molecule has 2 rings (SSSR count). The Morgan fingerprint density at radius 2 is 1.77 bits per heavy atom. The highest BCUT2D eigenvalue weighted by Gasteiger charge is 2.17. The third-order valence-corrected chi connectivity index (χ3v) is 3.02. The monoisotopic (exact) mass is 303 g/mol. The van der Waals surface area contributed by atoms with Crippen LogP contribution in [-0.2, 0) is 9.59 Å². The van der Waals surface area contributed by atoms with Crippen LogP contribution in [0, 0.1) is 0 Å². The number of rotatable bonds is 4. The molecule has 1 aromatic heterocycles. The maximum absolute atomic E-state index is 11.9. The van der Waals surface area contributed by atoms with Crippen molar-refractivity contribution in [3.63, 3.8) is 0 Å². The third kappa shape index (κ3) is 2.98. The van der Waals surface area contributed by atoms with Crippen molar-refractivity contribution in [1.82, 2.24) is 0 Å². The molecule has 0 unspecified atom stereocenters. The Kier molecular flexibility index (Phi) is 3.98. The highest BCUT2D eigenvalue weighted by molar-refractivity contribution is 6.16. The second-order valence-electron chi connectivity index (χ2n) is 4.77. The van der Waals surface area contributed by atoms with Crippen molar-refractivity contribution >= 4 is 34.7 Å². The van der Waals surface area contributed by atoms with E-state index < -0.39 is 23.1 Å². The second kappa shape index (κ2) is 5.72. The zero-order chi connectivity index (χ0) is 16.4. The van der Waals surface area contributed by atoms with Gasteiger partial charge in [0.2, 0.25) is 0 Å². The number of fused-ring (bicyclic) bond motifs is 1. The Morgan fingerprint density at radius 1 is 1.14 bits per heavy atom. The van der Waals surface area contributed by atoms with E-state index in [-0.39, 0.29) is 5.56 Å². The van der Waals surface area contributed by atoms with E-state index in [1.807, 2.05) is 19.0 Å². The Balaban J connectivity index is 2.62. The quantitative estimate of drug-likeness (QED) is 0.380. The molecule has 2 N–H and O–H groups in total. The minimum atomic E-state index is -1.63. The summed E-state index contributed by atoms with van der Waals surface area (Å²) in [7, 11) is 3.67. The van der Waals surface area contributed by atoms with E-state index in [0.29, 0.717) is 11.0 Å². The van der Waals surface area contributed by atoms with Crippen molar-refractivity contribution in [3.8, 4) is 0 Å². The van der Waals surface area contributed by atoms with E-state index in [1.165, 1.54) is 6.07 Å². The highest BCUT2D eigenvalue weighted by Crippen LogP contribution is 2.21. The second-order valence-corrected chi connectivity index (χ2v) is 4.77. The summed E-state index contributed by atoms with van der Waals surface area (Å²) in [4.78, 5) is 35.4. The zero-order valence-corrected chi connectivity index (χ0v) is 11.9. The van der Waals surface area contributed by atoms with Gasteiger partial charge in [-0.2, -0.15) is 0 Å². The molecule has 22 heavy (non-hydrogen) atoms. The Labute approximate surface area is 124 Å². The largest absolute Gasteiger partial charge is 0.477 e. The van der Waals surface area contributed by atoms with Crippen LogP contribution < -0.4 is 10.5 Å². The molecule has 1 heterocycles. The number of benzene rings is 1. The first kappa shape index (κ1) is 15.3. The Morgan fingerprint density at radius 3 is 2.32 bits per heavy atom. The van der Waals surface area contributed by atoms with Gasteiger partial charge in [-0.3, -0.25) is 0 Å². The molecule has 0 amide bonds. The molecule has 0 atom stereocenters. The number of nitrogens with zero attached hydrogens (tertiary/aromatic N) is 1. The fourth-order valence-corrected chi connectivity index (χ4v) is 1.87. The zero-order valence-electron chi connectivity index (χ0n) is 11.9. The summed E-state index contributed by atoms with van der Waals surface area (Å²) in [5.74, 6) is -3.26. The lowest BCUT2D eigenvalue weighted by atomic mass is 10.1. The predicted molar refractivity (Wildman–Crippen MR) is 80.1 cm³/mol. The van der Waals surface area contributed by atoms with E-state index in [1.54, 1.807) is 18.2 Å². The maximum atomic E-state index is 11.9. The van der Waals surface area contributed by atoms with Crippen molar-refractivity contribution in [2.45, 2.75) is 0 Å². The summed E-state index contributed by atoms with van der Waals surface area (Å²) in [5, 5.41) is 18.2. The van der Waals surface area contributed by atoms with Gasteiger partial charge in [0.25, 0.3) is 0 Å².